The molecular weight excluding hydrogens is 280 g/mol. The number of hydrogen-bond donors (Lipinski definition) is 1. The van der Waals surface area contributed by atoms with Crippen LogP contribution in [0.15, 0.2) is 0 Å². The van der Waals surface area contributed by atoms with Crippen LogP contribution in [-0.4, -0.2) is 38.6 Å². The Hall–Kier alpha value is -1.56. The molecule has 0 radical (unpaired) electrons. The topological polar surface area (TPSA) is 67.2 Å². The molecule has 0 aromatic carbocycles. The monoisotopic (exact) mass is 298 g/mol. The van der Waals surface area contributed by atoms with Gasteiger partial charge in [0.15, 0.2) is 0 Å². The molecule has 2 atom stereocenters. The van der Waals surface area contributed by atoms with E-state index in [0.717, 1.165) is 11.3 Å². The summed E-state index contributed by atoms with van der Waals surface area (Å²) in [5, 5.41) is 7.46. The van der Waals surface area contributed by atoms with Crippen molar-refractivity contribution in [3.05, 3.63) is 16.4 Å². The van der Waals surface area contributed by atoms with Gasteiger partial charge in [-0.25, -0.2) is 0 Å². The van der Waals surface area contributed by atoms with Crippen molar-refractivity contribution in [1.29, 1.82) is 0 Å². The molecule has 1 aliphatic rings. The third-order valence-electron chi connectivity index (χ3n) is 3.64. The average Bonchev–Trinajstić information content (AvgIpc) is 2.54. The van der Waals surface area contributed by atoms with Crippen molar-refractivity contribution in [2.75, 3.05) is 0 Å². The van der Waals surface area contributed by atoms with Gasteiger partial charge in [0.2, 0.25) is 11.8 Å². The van der Waals surface area contributed by atoms with E-state index in [1.165, 1.54) is 0 Å². The van der Waals surface area contributed by atoms with Crippen LogP contribution in [0.2, 0.25) is 5.15 Å². The summed E-state index contributed by atoms with van der Waals surface area (Å²) in [4.78, 5) is 25.7. The van der Waals surface area contributed by atoms with Crippen LogP contribution in [0, 0.1) is 6.92 Å². The third-order valence-corrected chi connectivity index (χ3v) is 4.11. The minimum Gasteiger partial charge on any atom is -0.345 e. The average molecular weight is 299 g/mol. The van der Waals surface area contributed by atoms with Crippen LogP contribution in [0.3, 0.4) is 0 Å². The van der Waals surface area contributed by atoms with Crippen molar-refractivity contribution < 1.29 is 9.59 Å². The maximum absolute atomic E-state index is 12.4. The number of hydrogen-bond acceptors (Lipinski definition) is 3. The van der Waals surface area contributed by atoms with Crippen molar-refractivity contribution in [1.82, 2.24) is 20.0 Å². The van der Waals surface area contributed by atoms with Crippen LogP contribution >= 0.6 is 11.6 Å². The van der Waals surface area contributed by atoms with Crippen molar-refractivity contribution in [3.8, 4) is 0 Å². The van der Waals surface area contributed by atoms with Gasteiger partial charge in [-0.1, -0.05) is 11.6 Å². The minimum atomic E-state index is -0.511. The van der Waals surface area contributed by atoms with Gasteiger partial charge < -0.3 is 10.2 Å². The van der Waals surface area contributed by atoms with Crippen molar-refractivity contribution in [2.24, 2.45) is 7.05 Å². The highest BCUT2D eigenvalue weighted by Crippen LogP contribution is 2.23. The minimum absolute atomic E-state index is 0.0948. The quantitative estimate of drug-likeness (QED) is 0.886. The molecule has 2 amide bonds. The molecule has 1 aromatic heterocycles. The molecule has 1 aromatic rings. The second kappa shape index (κ2) is 5.44. The molecule has 1 fully saturated rings. The second-order valence-corrected chi connectivity index (χ2v) is 5.64. The fraction of sp³-hybridized carbons (Fsp3) is 0.615. The molecular formula is C13H19ClN4O2. The Morgan fingerprint density at radius 1 is 1.40 bits per heavy atom. The zero-order valence-electron chi connectivity index (χ0n) is 12.1. The first-order chi connectivity index (χ1) is 9.31. The molecule has 0 aliphatic carbocycles. The van der Waals surface area contributed by atoms with Gasteiger partial charge >= 0.3 is 0 Å². The first-order valence-electron chi connectivity index (χ1n) is 6.59. The maximum Gasteiger partial charge on any atom is 0.245 e. The van der Waals surface area contributed by atoms with Crippen LogP contribution in [0.1, 0.15) is 31.5 Å². The first kappa shape index (κ1) is 14.8. The van der Waals surface area contributed by atoms with Gasteiger partial charge in [-0.3, -0.25) is 14.3 Å². The van der Waals surface area contributed by atoms with Crippen LogP contribution < -0.4 is 5.32 Å². The largest absolute Gasteiger partial charge is 0.345 e. The summed E-state index contributed by atoms with van der Waals surface area (Å²) in [6.45, 7) is 5.80. The number of rotatable bonds is 2. The maximum atomic E-state index is 12.4. The van der Waals surface area contributed by atoms with E-state index in [1.807, 2.05) is 13.8 Å². The van der Waals surface area contributed by atoms with Crippen LogP contribution in [-0.2, 0) is 23.2 Å². The number of aryl methyl sites for hydroxylation is 2. The van der Waals surface area contributed by atoms with Crippen LogP contribution in [0.5, 0.6) is 0 Å². The Labute approximate surface area is 123 Å². The molecule has 0 spiro atoms. The second-order valence-electron chi connectivity index (χ2n) is 5.29. The molecule has 1 N–H and O–H groups in total. The molecule has 2 unspecified atom stereocenters. The molecule has 0 saturated carbocycles. The number of amides is 2. The zero-order valence-corrected chi connectivity index (χ0v) is 12.9. The predicted molar refractivity (Wildman–Crippen MR) is 75.2 cm³/mol. The lowest BCUT2D eigenvalue weighted by Gasteiger charge is -2.27. The van der Waals surface area contributed by atoms with Gasteiger partial charge in [-0.05, 0) is 20.8 Å². The number of aromatic nitrogens is 2. The van der Waals surface area contributed by atoms with E-state index in [-0.39, 0.29) is 17.9 Å². The van der Waals surface area contributed by atoms with E-state index in [2.05, 4.69) is 10.4 Å². The first-order valence-corrected chi connectivity index (χ1v) is 6.97. The van der Waals surface area contributed by atoms with Crippen LogP contribution in [0.4, 0.5) is 0 Å². The van der Waals surface area contributed by atoms with Gasteiger partial charge in [0.05, 0.1) is 12.2 Å². The highest BCUT2D eigenvalue weighted by molar-refractivity contribution is 6.30. The summed E-state index contributed by atoms with van der Waals surface area (Å²) in [5.74, 6) is -0.197. The third kappa shape index (κ3) is 2.65. The molecule has 0 bridgehead atoms. The summed E-state index contributed by atoms with van der Waals surface area (Å²) in [6, 6.07) is -0.675. The van der Waals surface area contributed by atoms with Crippen molar-refractivity contribution in [2.45, 2.75) is 45.8 Å². The van der Waals surface area contributed by atoms with Crippen molar-refractivity contribution in [3.63, 3.8) is 0 Å². The highest BCUT2D eigenvalue weighted by Gasteiger charge is 2.32. The molecule has 6 nitrogen and oxygen atoms in total. The van der Waals surface area contributed by atoms with E-state index < -0.39 is 6.04 Å². The molecule has 110 valence electrons. The Balaban J connectivity index is 2.30. The number of nitrogens with zero attached hydrogens (tertiary/aromatic N) is 3. The smallest absolute Gasteiger partial charge is 0.245 e. The Morgan fingerprint density at radius 3 is 2.60 bits per heavy atom. The Morgan fingerprint density at radius 2 is 2.05 bits per heavy atom. The van der Waals surface area contributed by atoms with Gasteiger partial charge in [0.25, 0.3) is 0 Å². The summed E-state index contributed by atoms with van der Waals surface area (Å²) in [5.41, 5.74) is 1.63. The van der Waals surface area contributed by atoms with E-state index in [1.54, 1.807) is 23.6 Å². The standard InChI is InChI=1S/C13H19ClN4O2/c1-7-5-11(19)15-9(3)13(20)18(7)6-10-8(2)16-17(4)12(10)14/h7,9H,5-6H2,1-4H3,(H,15,19). The number of carbonyl (C=O) groups excluding carboxylic acids is 2. The normalized spacial score (nSPS) is 23.8. The SMILES string of the molecule is Cc1nn(C)c(Cl)c1CN1C(=O)C(C)NC(=O)CC1C. The van der Waals surface area contributed by atoms with Gasteiger partial charge in [-0.2, -0.15) is 5.10 Å². The molecule has 20 heavy (non-hydrogen) atoms. The lowest BCUT2D eigenvalue weighted by atomic mass is 10.1. The highest BCUT2D eigenvalue weighted by atomic mass is 35.5. The van der Waals surface area contributed by atoms with E-state index in [9.17, 15) is 9.59 Å². The van der Waals surface area contributed by atoms with Gasteiger partial charge in [0, 0.05) is 25.1 Å². The number of carbonyl (C=O) groups is 2. The predicted octanol–water partition coefficient (Wildman–Crippen LogP) is 1.01. The molecule has 1 saturated heterocycles. The van der Waals surface area contributed by atoms with Crippen molar-refractivity contribution >= 4 is 23.4 Å². The summed E-state index contributed by atoms with van der Waals surface area (Å²) in [7, 11) is 1.76. The van der Waals surface area contributed by atoms with E-state index >= 15 is 0 Å². The molecule has 7 heteroatoms. The zero-order chi connectivity index (χ0) is 15.0. The Bertz CT molecular complexity index is 555. The number of nitrogens with one attached hydrogen (secondary N) is 1. The fourth-order valence-corrected chi connectivity index (χ4v) is 2.70. The van der Waals surface area contributed by atoms with E-state index in [0.29, 0.717) is 18.1 Å². The summed E-state index contributed by atoms with van der Waals surface area (Å²) in [6.07, 6.45) is 0.299. The Kier molecular flexibility index (Phi) is 4.04. The summed E-state index contributed by atoms with van der Waals surface area (Å²) < 4.78 is 1.59. The molecule has 2 rings (SSSR count). The van der Waals surface area contributed by atoms with E-state index in [4.69, 9.17) is 11.6 Å². The molecule has 2 heterocycles. The lowest BCUT2D eigenvalue weighted by Crippen LogP contribution is -2.44. The lowest BCUT2D eigenvalue weighted by molar-refractivity contribution is -0.135. The number of halogens is 1. The van der Waals surface area contributed by atoms with Gasteiger partial charge in [-0.15, -0.1) is 0 Å². The fourth-order valence-electron chi connectivity index (χ4n) is 2.46. The van der Waals surface area contributed by atoms with Gasteiger partial charge in [0.1, 0.15) is 11.2 Å². The summed E-state index contributed by atoms with van der Waals surface area (Å²) >= 11 is 6.21. The van der Waals surface area contributed by atoms with Crippen LogP contribution in [0.25, 0.3) is 0 Å². The molecule has 1 aliphatic heterocycles.